The molecule has 1 aliphatic rings. The zero-order valence-corrected chi connectivity index (χ0v) is 9.39. The molecule has 1 heterocycles. The first-order valence-corrected chi connectivity index (χ1v) is 5.35. The molecular formula is C11H13NO2S. The van der Waals surface area contributed by atoms with E-state index in [1.54, 1.807) is 0 Å². The molecule has 1 aromatic carbocycles. The summed E-state index contributed by atoms with van der Waals surface area (Å²) in [5.41, 5.74) is 1.15. The van der Waals surface area contributed by atoms with Gasteiger partial charge in [-0.15, -0.1) is 0 Å². The maximum Gasteiger partial charge on any atom is 0.231 e. The minimum absolute atomic E-state index is 0.319. The van der Waals surface area contributed by atoms with Crippen molar-refractivity contribution >= 4 is 17.2 Å². The van der Waals surface area contributed by atoms with Crippen LogP contribution in [0.2, 0.25) is 0 Å². The quantitative estimate of drug-likeness (QED) is 0.796. The van der Waals surface area contributed by atoms with E-state index < -0.39 is 0 Å². The molecule has 4 heteroatoms. The van der Waals surface area contributed by atoms with Crippen LogP contribution in [0.25, 0.3) is 0 Å². The third kappa shape index (κ3) is 2.39. The van der Waals surface area contributed by atoms with Gasteiger partial charge in [-0.25, -0.2) is 0 Å². The summed E-state index contributed by atoms with van der Waals surface area (Å²) in [5, 5.41) is 3.17. The minimum Gasteiger partial charge on any atom is -0.454 e. The molecule has 0 saturated carbocycles. The van der Waals surface area contributed by atoms with E-state index in [-0.39, 0.29) is 0 Å². The summed E-state index contributed by atoms with van der Waals surface area (Å²) >= 11 is 5.09. The van der Waals surface area contributed by atoms with Crippen LogP contribution in [0.5, 0.6) is 11.5 Å². The van der Waals surface area contributed by atoms with Crippen molar-refractivity contribution in [2.75, 3.05) is 6.79 Å². The van der Waals surface area contributed by atoms with Crippen molar-refractivity contribution in [3.05, 3.63) is 23.8 Å². The van der Waals surface area contributed by atoms with E-state index in [4.69, 9.17) is 21.7 Å². The zero-order chi connectivity index (χ0) is 10.7. The van der Waals surface area contributed by atoms with Gasteiger partial charge in [0.2, 0.25) is 6.79 Å². The van der Waals surface area contributed by atoms with Gasteiger partial charge < -0.3 is 14.8 Å². The van der Waals surface area contributed by atoms with Crippen molar-refractivity contribution in [1.29, 1.82) is 0 Å². The van der Waals surface area contributed by atoms with Crippen LogP contribution in [0, 0.1) is 0 Å². The van der Waals surface area contributed by atoms with Crippen molar-refractivity contribution in [2.45, 2.75) is 19.9 Å². The third-order valence-electron chi connectivity index (χ3n) is 2.25. The number of rotatable bonds is 3. The lowest BCUT2D eigenvalue weighted by atomic mass is 10.2. The Kier molecular flexibility index (Phi) is 3.06. The standard InChI is InChI=1S/C11H13NO2S/c1-2-11(15)12-6-8-3-4-9-10(5-8)14-7-13-9/h3-5H,2,6-7H2,1H3,(H,12,15). The fourth-order valence-electron chi connectivity index (χ4n) is 1.38. The molecule has 0 saturated heterocycles. The summed E-state index contributed by atoms with van der Waals surface area (Å²) < 4.78 is 10.5. The summed E-state index contributed by atoms with van der Waals surface area (Å²) in [5.74, 6) is 1.63. The highest BCUT2D eigenvalue weighted by atomic mass is 32.1. The van der Waals surface area contributed by atoms with E-state index >= 15 is 0 Å². The minimum atomic E-state index is 0.319. The van der Waals surface area contributed by atoms with Crippen LogP contribution < -0.4 is 14.8 Å². The van der Waals surface area contributed by atoms with Crippen molar-refractivity contribution in [3.8, 4) is 11.5 Å². The second-order valence-corrected chi connectivity index (χ2v) is 3.81. The lowest BCUT2D eigenvalue weighted by Gasteiger charge is -2.06. The fraction of sp³-hybridized carbons (Fsp3) is 0.364. The first-order valence-electron chi connectivity index (χ1n) is 4.95. The van der Waals surface area contributed by atoms with Crippen molar-refractivity contribution in [1.82, 2.24) is 5.32 Å². The number of hydrogen-bond donors (Lipinski definition) is 1. The fourth-order valence-corrected chi connectivity index (χ4v) is 1.45. The second-order valence-electron chi connectivity index (χ2n) is 3.32. The van der Waals surface area contributed by atoms with Crippen LogP contribution in [-0.2, 0) is 6.54 Å². The molecule has 15 heavy (non-hydrogen) atoms. The number of fused-ring (bicyclic) bond motifs is 1. The van der Waals surface area contributed by atoms with Crippen LogP contribution in [0.3, 0.4) is 0 Å². The molecule has 0 bridgehead atoms. The lowest BCUT2D eigenvalue weighted by molar-refractivity contribution is 0.174. The van der Waals surface area contributed by atoms with Gasteiger partial charge >= 0.3 is 0 Å². The zero-order valence-electron chi connectivity index (χ0n) is 8.58. The summed E-state index contributed by atoms with van der Waals surface area (Å²) in [6.45, 7) is 3.10. The van der Waals surface area contributed by atoms with Crippen LogP contribution in [0.1, 0.15) is 18.9 Å². The van der Waals surface area contributed by atoms with Crippen molar-refractivity contribution in [3.63, 3.8) is 0 Å². The molecule has 0 fully saturated rings. The second kappa shape index (κ2) is 4.49. The SMILES string of the molecule is CCC(=S)NCc1ccc2c(c1)OCO2. The average molecular weight is 223 g/mol. The molecule has 3 nitrogen and oxygen atoms in total. The van der Waals surface area contributed by atoms with Crippen molar-refractivity contribution < 1.29 is 9.47 Å². The molecule has 80 valence electrons. The third-order valence-corrected chi connectivity index (χ3v) is 2.68. The predicted octanol–water partition coefficient (Wildman–Crippen LogP) is 2.24. The molecule has 2 rings (SSSR count). The molecular weight excluding hydrogens is 210 g/mol. The Morgan fingerprint density at radius 3 is 3.00 bits per heavy atom. The Morgan fingerprint density at radius 2 is 2.20 bits per heavy atom. The van der Waals surface area contributed by atoms with Crippen molar-refractivity contribution in [2.24, 2.45) is 0 Å². The highest BCUT2D eigenvalue weighted by molar-refractivity contribution is 7.80. The van der Waals surface area contributed by atoms with E-state index in [0.29, 0.717) is 6.79 Å². The Morgan fingerprint density at radius 1 is 1.40 bits per heavy atom. The lowest BCUT2D eigenvalue weighted by Crippen LogP contribution is -2.19. The molecule has 1 aliphatic heterocycles. The number of thiocarbonyl (C=S) groups is 1. The van der Waals surface area contributed by atoms with Gasteiger partial charge in [0, 0.05) is 6.54 Å². The molecule has 0 aromatic heterocycles. The molecule has 1 aromatic rings. The van der Waals surface area contributed by atoms with Gasteiger partial charge in [0.15, 0.2) is 11.5 Å². The normalized spacial score (nSPS) is 12.6. The van der Waals surface area contributed by atoms with Crippen LogP contribution in [0.4, 0.5) is 0 Å². The first kappa shape index (κ1) is 10.2. The maximum absolute atomic E-state index is 5.29. The van der Waals surface area contributed by atoms with Gasteiger partial charge in [-0.2, -0.15) is 0 Å². The molecule has 0 atom stereocenters. The Bertz CT molecular complexity index is 379. The molecule has 0 spiro atoms. The van der Waals surface area contributed by atoms with Gasteiger partial charge in [0.25, 0.3) is 0 Å². The number of ether oxygens (including phenoxy) is 2. The topological polar surface area (TPSA) is 30.5 Å². The summed E-state index contributed by atoms with van der Waals surface area (Å²) in [6, 6.07) is 5.92. The van der Waals surface area contributed by atoms with E-state index in [1.165, 1.54) is 0 Å². The van der Waals surface area contributed by atoms with Crippen LogP contribution in [-0.4, -0.2) is 11.8 Å². The molecule has 0 aliphatic carbocycles. The number of hydrogen-bond acceptors (Lipinski definition) is 3. The van der Waals surface area contributed by atoms with E-state index in [1.807, 2.05) is 25.1 Å². The van der Waals surface area contributed by atoms with E-state index in [9.17, 15) is 0 Å². The first-order chi connectivity index (χ1) is 7.29. The van der Waals surface area contributed by atoms with E-state index in [0.717, 1.165) is 35.0 Å². The van der Waals surface area contributed by atoms with Crippen LogP contribution in [0.15, 0.2) is 18.2 Å². The van der Waals surface area contributed by atoms with Crippen LogP contribution >= 0.6 is 12.2 Å². The maximum atomic E-state index is 5.29. The highest BCUT2D eigenvalue weighted by Crippen LogP contribution is 2.32. The average Bonchev–Trinajstić information content (AvgIpc) is 2.72. The Labute approximate surface area is 94.4 Å². The summed E-state index contributed by atoms with van der Waals surface area (Å²) in [6.07, 6.45) is 0.875. The smallest absolute Gasteiger partial charge is 0.231 e. The van der Waals surface area contributed by atoms with Gasteiger partial charge in [-0.1, -0.05) is 25.2 Å². The monoisotopic (exact) mass is 223 g/mol. The van der Waals surface area contributed by atoms with Gasteiger partial charge in [0.05, 0.1) is 4.99 Å². The number of benzene rings is 1. The summed E-state index contributed by atoms with van der Waals surface area (Å²) in [7, 11) is 0. The molecule has 1 N–H and O–H groups in total. The van der Waals surface area contributed by atoms with Gasteiger partial charge in [-0.3, -0.25) is 0 Å². The summed E-state index contributed by atoms with van der Waals surface area (Å²) in [4.78, 5) is 0.882. The molecule has 0 unspecified atom stereocenters. The highest BCUT2D eigenvalue weighted by Gasteiger charge is 2.12. The Balaban J connectivity index is 2.01. The largest absolute Gasteiger partial charge is 0.454 e. The van der Waals surface area contributed by atoms with Gasteiger partial charge in [0.1, 0.15) is 0 Å². The van der Waals surface area contributed by atoms with Gasteiger partial charge in [-0.05, 0) is 24.1 Å². The number of nitrogens with one attached hydrogen (secondary N) is 1. The molecule has 0 radical (unpaired) electrons. The Hall–Kier alpha value is -1.29. The predicted molar refractivity (Wildman–Crippen MR) is 62.3 cm³/mol. The van der Waals surface area contributed by atoms with E-state index in [2.05, 4.69) is 5.32 Å². The molecule has 0 amide bonds.